The Kier molecular flexibility index (Phi) is 5.02. The van der Waals surface area contributed by atoms with Gasteiger partial charge in [-0.1, -0.05) is 49.4 Å². The summed E-state index contributed by atoms with van der Waals surface area (Å²) in [6.45, 7) is 1.61. The molecule has 3 aromatic rings. The van der Waals surface area contributed by atoms with Crippen molar-refractivity contribution in [2.24, 2.45) is 0 Å². The highest BCUT2D eigenvalue weighted by Gasteiger charge is 2.17. The molecule has 0 unspecified atom stereocenters. The molecule has 0 radical (unpaired) electrons. The summed E-state index contributed by atoms with van der Waals surface area (Å²) in [6.07, 6.45) is 0.831. The van der Waals surface area contributed by atoms with E-state index in [9.17, 15) is 14.4 Å². The smallest absolute Gasteiger partial charge is 0.329 e. The van der Waals surface area contributed by atoms with E-state index in [4.69, 9.17) is 4.74 Å². The van der Waals surface area contributed by atoms with Crippen molar-refractivity contribution >= 4 is 16.7 Å². The maximum atomic E-state index is 12.3. The number of nitrogens with zero attached hydrogens (tertiary/aromatic N) is 1. The standard InChI is InChI=1S/C20H20N2O4/c1-3-15-17(22(12-18(23)26-2)20(25)21-19(15)24)11-14-9-6-8-13-7-4-5-10-16(13)14/h4-10H,3,11-12H2,1-2H3,(H,21,24,25). The van der Waals surface area contributed by atoms with E-state index in [-0.39, 0.29) is 6.54 Å². The van der Waals surface area contributed by atoms with E-state index >= 15 is 0 Å². The molecular formula is C20H20N2O4. The summed E-state index contributed by atoms with van der Waals surface area (Å²) >= 11 is 0. The molecule has 1 heterocycles. The van der Waals surface area contributed by atoms with Gasteiger partial charge < -0.3 is 4.74 Å². The average molecular weight is 352 g/mol. The van der Waals surface area contributed by atoms with Crippen molar-refractivity contribution in [3.8, 4) is 0 Å². The Labute approximate surface area is 150 Å². The molecule has 0 aliphatic carbocycles. The van der Waals surface area contributed by atoms with Crippen molar-refractivity contribution in [3.63, 3.8) is 0 Å². The first kappa shape index (κ1) is 17.7. The number of aromatic amines is 1. The molecule has 0 aliphatic rings. The van der Waals surface area contributed by atoms with Crippen LogP contribution in [0.15, 0.2) is 52.1 Å². The van der Waals surface area contributed by atoms with Gasteiger partial charge in [0.25, 0.3) is 5.56 Å². The lowest BCUT2D eigenvalue weighted by molar-refractivity contribution is -0.141. The number of hydrogen-bond acceptors (Lipinski definition) is 4. The summed E-state index contributed by atoms with van der Waals surface area (Å²) in [7, 11) is 1.27. The zero-order valence-electron chi connectivity index (χ0n) is 14.7. The topological polar surface area (TPSA) is 81.2 Å². The van der Waals surface area contributed by atoms with E-state index in [2.05, 4.69) is 4.98 Å². The summed E-state index contributed by atoms with van der Waals surface area (Å²) in [6, 6.07) is 13.9. The molecule has 0 bridgehead atoms. The van der Waals surface area contributed by atoms with Crippen molar-refractivity contribution in [2.45, 2.75) is 26.3 Å². The number of esters is 1. The first-order valence-corrected chi connectivity index (χ1v) is 8.43. The number of rotatable bonds is 5. The van der Waals surface area contributed by atoms with Gasteiger partial charge in [0.05, 0.1) is 7.11 Å². The maximum absolute atomic E-state index is 12.3. The van der Waals surface area contributed by atoms with Gasteiger partial charge >= 0.3 is 11.7 Å². The molecule has 0 spiro atoms. The molecule has 0 saturated heterocycles. The quantitative estimate of drug-likeness (QED) is 0.712. The fourth-order valence-corrected chi connectivity index (χ4v) is 3.21. The molecule has 0 atom stereocenters. The van der Waals surface area contributed by atoms with Crippen LogP contribution in [-0.2, 0) is 28.9 Å². The fourth-order valence-electron chi connectivity index (χ4n) is 3.21. The van der Waals surface area contributed by atoms with E-state index in [1.165, 1.54) is 11.7 Å². The van der Waals surface area contributed by atoms with Crippen LogP contribution < -0.4 is 11.2 Å². The lowest BCUT2D eigenvalue weighted by Crippen LogP contribution is -2.37. The van der Waals surface area contributed by atoms with Crippen molar-refractivity contribution in [3.05, 3.63) is 80.1 Å². The number of carbonyl (C=O) groups excluding carboxylic acids is 1. The van der Waals surface area contributed by atoms with Gasteiger partial charge in [0.15, 0.2) is 0 Å². The van der Waals surface area contributed by atoms with Crippen molar-refractivity contribution in [1.29, 1.82) is 0 Å². The van der Waals surface area contributed by atoms with E-state index in [1.807, 2.05) is 49.4 Å². The van der Waals surface area contributed by atoms with E-state index in [0.717, 1.165) is 16.3 Å². The molecule has 1 aromatic heterocycles. The van der Waals surface area contributed by atoms with Crippen LogP contribution >= 0.6 is 0 Å². The largest absolute Gasteiger partial charge is 0.468 e. The molecule has 0 amide bonds. The molecule has 6 nitrogen and oxygen atoms in total. The summed E-state index contributed by atoms with van der Waals surface area (Å²) in [5.41, 5.74) is 1.02. The minimum absolute atomic E-state index is 0.237. The number of aromatic nitrogens is 2. The van der Waals surface area contributed by atoms with Crippen molar-refractivity contribution in [2.75, 3.05) is 7.11 Å². The molecule has 134 valence electrons. The van der Waals surface area contributed by atoms with Gasteiger partial charge in [0, 0.05) is 17.7 Å². The third kappa shape index (κ3) is 3.31. The number of fused-ring (bicyclic) bond motifs is 1. The van der Waals surface area contributed by atoms with Gasteiger partial charge in [0.1, 0.15) is 6.54 Å². The second-order valence-corrected chi connectivity index (χ2v) is 6.02. The molecule has 3 rings (SSSR count). The third-order valence-corrected chi connectivity index (χ3v) is 4.52. The zero-order chi connectivity index (χ0) is 18.7. The molecule has 0 saturated carbocycles. The number of carbonyl (C=O) groups is 1. The van der Waals surface area contributed by atoms with Crippen LogP contribution in [0.1, 0.15) is 23.7 Å². The highest BCUT2D eigenvalue weighted by molar-refractivity contribution is 5.85. The van der Waals surface area contributed by atoms with Gasteiger partial charge in [-0.2, -0.15) is 0 Å². The van der Waals surface area contributed by atoms with Crippen LogP contribution in [-0.4, -0.2) is 22.6 Å². The van der Waals surface area contributed by atoms with Crippen molar-refractivity contribution < 1.29 is 9.53 Å². The van der Waals surface area contributed by atoms with Gasteiger partial charge in [0.2, 0.25) is 0 Å². The maximum Gasteiger partial charge on any atom is 0.329 e. The SMILES string of the molecule is CCc1c(Cc2cccc3ccccc23)n(CC(=O)OC)c(=O)[nH]c1=O. The number of H-pyrrole nitrogens is 1. The number of ether oxygens (including phenoxy) is 1. The number of benzene rings is 2. The lowest BCUT2D eigenvalue weighted by Gasteiger charge is -2.16. The molecule has 0 fully saturated rings. The first-order chi connectivity index (χ1) is 12.5. The molecule has 2 aromatic carbocycles. The summed E-state index contributed by atoms with van der Waals surface area (Å²) < 4.78 is 6.00. The predicted molar refractivity (Wildman–Crippen MR) is 99.5 cm³/mol. The molecule has 26 heavy (non-hydrogen) atoms. The Balaban J connectivity index is 2.20. The highest BCUT2D eigenvalue weighted by atomic mass is 16.5. The van der Waals surface area contributed by atoms with Crippen LogP contribution in [0.3, 0.4) is 0 Å². The van der Waals surface area contributed by atoms with E-state index in [0.29, 0.717) is 24.1 Å². The number of nitrogens with one attached hydrogen (secondary N) is 1. The van der Waals surface area contributed by atoms with Gasteiger partial charge in [-0.3, -0.25) is 19.1 Å². The molecule has 1 N–H and O–H groups in total. The number of hydrogen-bond donors (Lipinski definition) is 1. The Morgan fingerprint density at radius 3 is 2.58 bits per heavy atom. The van der Waals surface area contributed by atoms with Crippen LogP contribution in [0.25, 0.3) is 10.8 Å². The second kappa shape index (κ2) is 7.39. The minimum Gasteiger partial charge on any atom is -0.468 e. The minimum atomic E-state index is -0.604. The summed E-state index contributed by atoms with van der Waals surface area (Å²) in [4.78, 5) is 38.7. The zero-order valence-corrected chi connectivity index (χ0v) is 14.7. The Hall–Kier alpha value is -3.15. The summed E-state index contributed by atoms with van der Waals surface area (Å²) in [5, 5.41) is 2.13. The molecular weight excluding hydrogens is 332 g/mol. The van der Waals surface area contributed by atoms with Crippen molar-refractivity contribution in [1.82, 2.24) is 9.55 Å². The highest BCUT2D eigenvalue weighted by Crippen LogP contribution is 2.22. The van der Waals surface area contributed by atoms with Gasteiger partial charge in [-0.05, 0) is 22.8 Å². The third-order valence-electron chi connectivity index (χ3n) is 4.52. The first-order valence-electron chi connectivity index (χ1n) is 8.43. The second-order valence-electron chi connectivity index (χ2n) is 6.02. The van der Waals surface area contributed by atoms with E-state index in [1.54, 1.807) is 0 Å². The Bertz CT molecular complexity index is 1070. The van der Waals surface area contributed by atoms with Crippen LogP contribution in [0.2, 0.25) is 0 Å². The fraction of sp³-hybridized carbons (Fsp3) is 0.250. The average Bonchev–Trinajstić information content (AvgIpc) is 2.65. The number of methoxy groups -OCH3 is 1. The monoisotopic (exact) mass is 352 g/mol. The Morgan fingerprint density at radius 2 is 1.85 bits per heavy atom. The van der Waals surface area contributed by atoms with Gasteiger partial charge in [-0.15, -0.1) is 0 Å². The predicted octanol–water partition coefficient (Wildman–Crippen LogP) is 2.02. The van der Waals surface area contributed by atoms with Gasteiger partial charge in [-0.25, -0.2) is 4.79 Å². The lowest BCUT2D eigenvalue weighted by atomic mass is 9.98. The molecule has 6 heteroatoms. The van der Waals surface area contributed by atoms with Crippen LogP contribution in [0.5, 0.6) is 0 Å². The summed E-state index contributed by atoms with van der Waals surface area (Å²) in [5.74, 6) is -0.541. The van der Waals surface area contributed by atoms with Crippen LogP contribution in [0.4, 0.5) is 0 Å². The Morgan fingerprint density at radius 1 is 1.12 bits per heavy atom. The van der Waals surface area contributed by atoms with E-state index < -0.39 is 17.2 Å². The normalized spacial score (nSPS) is 10.8. The van der Waals surface area contributed by atoms with Crippen LogP contribution in [0, 0.1) is 0 Å². The molecule has 0 aliphatic heterocycles.